The molecule has 246 valence electrons. The van der Waals surface area contributed by atoms with E-state index in [0.29, 0.717) is 9.58 Å². The second-order valence-corrected chi connectivity index (χ2v) is 11.2. The number of hydrogen-bond acceptors (Lipinski definition) is 11. The number of hydrogen-bond donors (Lipinski definition) is 3. The number of pyridine rings is 1. The lowest BCUT2D eigenvalue weighted by atomic mass is 10.2. The summed E-state index contributed by atoms with van der Waals surface area (Å²) in [6.07, 6.45) is -1.73. The van der Waals surface area contributed by atoms with Gasteiger partial charge in [0.1, 0.15) is 19.0 Å². The normalized spacial score (nSPS) is 16.6. The highest BCUT2D eigenvalue weighted by atomic mass is 31.2. The lowest BCUT2D eigenvalue weighted by Gasteiger charge is -2.23. The SMILES string of the molecule is C=NN(CC(F)(F)F)c1cc(O[C@H]2CN(c3cc(-c4cn(COP(=O)(O)O)c(=O)[nH]c4=O)nn4ccnc34)CC2(F)F)ncc1C. The number of alkyl halides is 5. The molecular formula is C24H23F5N9O7P. The molecule has 0 aliphatic carbocycles. The highest BCUT2D eigenvalue weighted by molar-refractivity contribution is 7.46. The quantitative estimate of drug-likeness (QED) is 0.0959. The van der Waals surface area contributed by atoms with Gasteiger partial charge in [-0.2, -0.15) is 23.4 Å². The first kappa shape index (κ1) is 32.7. The third-order valence-corrected chi connectivity index (χ3v) is 7.13. The van der Waals surface area contributed by atoms with Crippen molar-refractivity contribution in [3.63, 3.8) is 0 Å². The van der Waals surface area contributed by atoms with Crippen molar-refractivity contribution >= 4 is 31.6 Å². The molecule has 5 rings (SSSR count). The first-order valence-electron chi connectivity index (χ1n) is 12.9. The summed E-state index contributed by atoms with van der Waals surface area (Å²) >= 11 is 0. The van der Waals surface area contributed by atoms with Gasteiger partial charge < -0.3 is 19.4 Å². The van der Waals surface area contributed by atoms with E-state index in [2.05, 4.69) is 31.4 Å². The van der Waals surface area contributed by atoms with Gasteiger partial charge in [0.15, 0.2) is 11.8 Å². The molecule has 1 atom stereocenters. The largest absolute Gasteiger partial charge is 0.471 e. The van der Waals surface area contributed by atoms with Gasteiger partial charge in [-0.1, -0.05) is 0 Å². The van der Waals surface area contributed by atoms with E-state index < -0.39 is 69.5 Å². The summed E-state index contributed by atoms with van der Waals surface area (Å²) in [5, 5.41) is 8.16. The van der Waals surface area contributed by atoms with Gasteiger partial charge >= 0.3 is 25.6 Å². The topological polar surface area (TPSA) is 193 Å². The summed E-state index contributed by atoms with van der Waals surface area (Å²) in [6.45, 7) is 0.785. The van der Waals surface area contributed by atoms with Crippen LogP contribution >= 0.6 is 7.82 Å². The fourth-order valence-electron chi connectivity index (χ4n) is 4.62. The lowest BCUT2D eigenvalue weighted by molar-refractivity contribution is -0.119. The number of hydrazone groups is 1. The monoisotopic (exact) mass is 675 g/mol. The van der Waals surface area contributed by atoms with Crippen LogP contribution in [0, 0.1) is 6.92 Å². The Balaban J connectivity index is 1.47. The number of rotatable bonds is 10. The average molecular weight is 675 g/mol. The Kier molecular flexibility index (Phi) is 8.45. The van der Waals surface area contributed by atoms with Crippen molar-refractivity contribution in [2.24, 2.45) is 5.10 Å². The molecule has 4 aromatic rings. The predicted octanol–water partition coefficient (Wildman–Crippen LogP) is 1.90. The van der Waals surface area contributed by atoms with Crippen molar-refractivity contribution in [3.05, 3.63) is 63.3 Å². The molecule has 1 fully saturated rings. The first-order chi connectivity index (χ1) is 21.4. The summed E-state index contributed by atoms with van der Waals surface area (Å²) in [7, 11) is -4.99. The van der Waals surface area contributed by atoms with Crippen LogP contribution in [-0.4, -0.2) is 83.5 Å². The molecule has 3 N–H and O–H groups in total. The van der Waals surface area contributed by atoms with Crippen LogP contribution in [0.3, 0.4) is 0 Å². The number of aromatic nitrogens is 6. The van der Waals surface area contributed by atoms with Crippen LogP contribution in [0.5, 0.6) is 5.88 Å². The van der Waals surface area contributed by atoms with Crippen LogP contribution in [0.2, 0.25) is 0 Å². The fourth-order valence-corrected chi connectivity index (χ4v) is 4.89. The number of nitrogens with zero attached hydrogens (tertiary/aromatic N) is 8. The summed E-state index contributed by atoms with van der Waals surface area (Å²) in [5.41, 5.74) is -2.09. The minimum atomic E-state index is -4.99. The van der Waals surface area contributed by atoms with E-state index in [9.17, 15) is 27.3 Å². The van der Waals surface area contributed by atoms with Crippen molar-refractivity contribution in [1.82, 2.24) is 29.1 Å². The molecule has 46 heavy (non-hydrogen) atoms. The van der Waals surface area contributed by atoms with Crippen molar-refractivity contribution < 1.29 is 45.6 Å². The number of fused-ring (bicyclic) bond motifs is 1. The lowest BCUT2D eigenvalue weighted by Crippen LogP contribution is -2.36. The summed E-state index contributed by atoms with van der Waals surface area (Å²) in [6, 6.07) is 2.29. The van der Waals surface area contributed by atoms with E-state index in [4.69, 9.17) is 14.5 Å². The third kappa shape index (κ3) is 7.06. The second kappa shape index (κ2) is 11.9. The average Bonchev–Trinajstić information content (AvgIpc) is 3.54. The Morgan fingerprint density at radius 1 is 1.26 bits per heavy atom. The Morgan fingerprint density at radius 2 is 2.00 bits per heavy atom. The zero-order chi connectivity index (χ0) is 33.6. The van der Waals surface area contributed by atoms with Crippen LogP contribution in [0.15, 0.2) is 51.6 Å². The van der Waals surface area contributed by atoms with Gasteiger partial charge in [0.25, 0.3) is 5.56 Å². The highest BCUT2D eigenvalue weighted by Crippen LogP contribution is 2.38. The second-order valence-electron chi connectivity index (χ2n) is 10.0. The number of ether oxygens (including phenoxy) is 1. The maximum Gasteiger partial charge on any atom is 0.471 e. The maximum atomic E-state index is 15.4. The Bertz CT molecular complexity index is 1960. The molecule has 4 aromatic heterocycles. The van der Waals surface area contributed by atoms with Crippen molar-refractivity contribution in [3.8, 4) is 17.1 Å². The van der Waals surface area contributed by atoms with Crippen LogP contribution in [-0.2, 0) is 15.8 Å². The van der Waals surface area contributed by atoms with Gasteiger partial charge in [-0.25, -0.2) is 32.6 Å². The molecule has 0 unspecified atom stereocenters. The third-order valence-electron chi connectivity index (χ3n) is 6.68. The molecule has 0 aromatic carbocycles. The van der Waals surface area contributed by atoms with E-state index in [1.807, 2.05) is 4.98 Å². The number of phosphoric acid groups is 1. The molecule has 0 saturated carbocycles. The number of H-pyrrole nitrogens is 1. The van der Waals surface area contributed by atoms with E-state index in [-0.39, 0.29) is 33.8 Å². The Hall–Kier alpha value is -4.72. The van der Waals surface area contributed by atoms with Crippen LogP contribution in [0.4, 0.5) is 33.3 Å². The van der Waals surface area contributed by atoms with Gasteiger partial charge in [0, 0.05) is 37.6 Å². The molecule has 1 aliphatic rings. The maximum absolute atomic E-state index is 15.4. The summed E-state index contributed by atoms with van der Waals surface area (Å²) < 4.78 is 92.6. The Labute approximate surface area is 253 Å². The minimum absolute atomic E-state index is 0.0640. The predicted molar refractivity (Wildman–Crippen MR) is 150 cm³/mol. The fraction of sp³-hybridized carbons (Fsp3) is 0.333. The van der Waals surface area contributed by atoms with Gasteiger partial charge in [-0.3, -0.25) is 23.9 Å². The number of halogens is 5. The van der Waals surface area contributed by atoms with Gasteiger partial charge in [0.2, 0.25) is 5.88 Å². The molecule has 0 spiro atoms. The van der Waals surface area contributed by atoms with E-state index in [0.717, 1.165) is 18.5 Å². The van der Waals surface area contributed by atoms with Gasteiger partial charge in [-0.15, -0.1) is 0 Å². The standard InChI is InChI=1S/C24H23F5N9O7P/c1-13-7-32-19(6-16(13)38(30-2)11-24(27,28)29)45-18-9-35(10-23(18,25)26)17-5-15(34-37-4-3-31-20(17)37)14-8-36(12-44-46(41,42)43)22(40)33-21(14)39/h3-8,18H,2,9-12H2,1H3,(H,33,39,40)(H2,41,42,43)/t18-/m0/s1. The van der Waals surface area contributed by atoms with E-state index in [1.54, 1.807) is 0 Å². The molecule has 0 radical (unpaired) electrons. The van der Waals surface area contributed by atoms with Gasteiger partial charge in [0.05, 0.1) is 30.0 Å². The van der Waals surface area contributed by atoms with Gasteiger partial charge in [-0.05, 0) is 18.6 Å². The molecule has 1 saturated heterocycles. The van der Waals surface area contributed by atoms with Crippen molar-refractivity contribution in [1.29, 1.82) is 0 Å². The van der Waals surface area contributed by atoms with Crippen LogP contribution < -0.4 is 25.9 Å². The number of phosphoric ester groups is 1. The van der Waals surface area contributed by atoms with E-state index >= 15 is 8.78 Å². The number of aryl methyl sites for hydroxylation is 1. The number of nitrogens with one attached hydrogen (secondary N) is 1. The number of aromatic amines is 1. The number of imidazole rings is 1. The molecule has 5 heterocycles. The van der Waals surface area contributed by atoms with Crippen molar-refractivity contribution in [2.45, 2.75) is 31.9 Å². The molecule has 1 aliphatic heterocycles. The molecule has 22 heteroatoms. The summed E-state index contributed by atoms with van der Waals surface area (Å²) in [4.78, 5) is 54.0. The minimum Gasteiger partial charge on any atom is -0.466 e. The molecular weight excluding hydrogens is 652 g/mol. The van der Waals surface area contributed by atoms with E-state index in [1.165, 1.54) is 34.8 Å². The molecule has 0 amide bonds. The summed E-state index contributed by atoms with van der Waals surface area (Å²) in [5.74, 6) is -3.91. The van der Waals surface area contributed by atoms with Crippen molar-refractivity contribution in [2.75, 3.05) is 29.5 Å². The zero-order valence-corrected chi connectivity index (χ0v) is 24.3. The molecule has 0 bridgehead atoms. The van der Waals surface area contributed by atoms with Crippen LogP contribution in [0.25, 0.3) is 16.9 Å². The first-order valence-corrected chi connectivity index (χ1v) is 14.4. The smallest absolute Gasteiger partial charge is 0.466 e. The highest BCUT2D eigenvalue weighted by Gasteiger charge is 2.51. The zero-order valence-electron chi connectivity index (χ0n) is 23.4. The Morgan fingerprint density at radius 3 is 2.67 bits per heavy atom. The number of anilines is 2. The van der Waals surface area contributed by atoms with Crippen LogP contribution in [0.1, 0.15) is 5.56 Å². The molecule has 16 nitrogen and oxygen atoms in total.